The molecule has 3 aromatic rings. The summed E-state index contributed by atoms with van der Waals surface area (Å²) in [5, 5.41) is 70.8. The van der Waals surface area contributed by atoms with Crippen molar-refractivity contribution in [2.45, 2.75) is 25.6 Å². The zero-order valence-electron chi connectivity index (χ0n) is 26.6. The molecular formula is C38H34O12. The number of phenolic OH excluding ortho intramolecular Hbond substituents is 7. The van der Waals surface area contributed by atoms with Crippen molar-refractivity contribution in [2.75, 3.05) is 0 Å². The van der Waals surface area contributed by atoms with Gasteiger partial charge in [-0.05, 0) is 31.2 Å². The molecule has 3 aromatic carbocycles. The first-order valence-electron chi connectivity index (χ1n) is 15.1. The number of aromatic hydroxyl groups is 7. The van der Waals surface area contributed by atoms with Crippen LogP contribution in [0.4, 0.5) is 0 Å². The lowest BCUT2D eigenvalue weighted by atomic mass is 9.93. The molecular weight excluding hydrogens is 648 g/mol. The second-order valence-corrected chi connectivity index (χ2v) is 10.6. The van der Waals surface area contributed by atoms with Crippen LogP contribution in [0, 0.1) is 0 Å². The van der Waals surface area contributed by atoms with E-state index in [-0.39, 0.29) is 40.4 Å². The number of hydrogen-bond acceptors (Lipinski definition) is 12. The number of fused-ring (bicyclic) bond motifs is 1. The molecule has 0 saturated carbocycles. The molecule has 1 aliphatic rings. The number of carbonyl (C=O) groups excluding carboxylic acids is 2. The average molecular weight is 683 g/mol. The lowest BCUT2D eigenvalue weighted by Crippen LogP contribution is -2.34. The molecule has 0 spiro atoms. The molecule has 0 aliphatic carbocycles. The maximum Gasteiger partial charge on any atom is 0.338 e. The number of hydrogen-bond donors (Lipinski definition) is 7. The van der Waals surface area contributed by atoms with E-state index in [9.17, 15) is 45.3 Å². The molecule has 7 N–H and O–H groups in total. The molecule has 50 heavy (non-hydrogen) atoms. The van der Waals surface area contributed by atoms with Gasteiger partial charge in [0.05, 0.1) is 5.56 Å². The molecule has 0 saturated heterocycles. The third-order valence-electron chi connectivity index (χ3n) is 6.99. The van der Waals surface area contributed by atoms with Crippen molar-refractivity contribution in [1.29, 1.82) is 0 Å². The monoisotopic (exact) mass is 682 g/mol. The maximum absolute atomic E-state index is 13.1. The molecule has 0 aromatic heterocycles. The van der Waals surface area contributed by atoms with Gasteiger partial charge in [0.2, 0.25) is 5.75 Å². The fourth-order valence-electron chi connectivity index (χ4n) is 4.65. The molecule has 0 bridgehead atoms. The molecule has 0 amide bonds. The summed E-state index contributed by atoms with van der Waals surface area (Å²) in [6.45, 7) is 1.93. The summed E-state index contributed by atoms with van der Waals surface area (Å²) in [5.41, 5.74) is -0.123. The Kier molecular flexibility index (Phi) is 12.1. The lowest BCUT2D eigenvalue weighted by molar-refractivity contribution is -0.129. The van der Waals surface area contributed by atoms with E-state index in [0.29, 0.717) is 0 Å². The second kappa shape index (κ2) is 16.8. The van der Waals surface area contributed by atoms with Crippen LogP contribution in [-0.4, -0.2) is 53.8 Å². The van der Waals surface area contributed by atoms with Crippen molar-refractivity contribution >= 4 is 11.9 Å². The highest BCUT2D eigenvalue weighted by Gasteiger charge is 2.37. The molecule has 1 aliphatic heterocycles. The third kappa shape index (κ3) is 9.38. The van der Waals surface area contributed by atoms with Gasteiger partial charge < -0.3 is 50.0 Å². The number of rotatable bonds is 11. The smallest absolute Gasteiger partial charge is 0.338 e. The van der Waals surface area contributed by atoms with Crippen LogP contribution in [0.5, 0.6) is 51.7 Å². The van der Waals surface area contributed by atoms with Crippen LogP contribution in [0.15, 0.2) is 121 Å². The Morgan fingerprint density at radius 2 is 1.24 bits per heavy atom. The third-order valence-corrected chi connectivity index (χ3v) is 6.99. The van der Waals surface area contributed by atoms with Gasteiger partial charge in [0.25, 0.3) is 0 Å². The SMILES string of the molecule is C/C=C/C=C/C=C/C=C/C=C/C=C/C=C/C(=O)Oc1cc([C@H]2Oc3cc(O)cc(O)c3C[C@H]2OC(=O)c2cc(O)c(O)c(O)c2)cc(O)c1O. The Morgan fingerprint density at radius 1 is 0.680 bits per heavy atom. The summed E-state index contributed by atoms with van der Waals surface area (Å²) in [7, 11) is 0. The first-order chi connectivity index (χ1) is 24.0. The second-order valence-electron chi connectivity index (χ2n) is 10.6. The van der Waals surface area contributed by atoms with Crippen LogP contribution in [-0.2, 0) is 16.0 Å². The summed E-state index contributed by atoms with van der Waals surface area (Å²) in [5.74, 6) is -6.99. The maximum atomic E-state index is 13.1. The van der Waals surface area contributed by atoms with E-state index in [4.69, 9.17) is 14.2 Å². The Labute approximate surface area is 286 Å². The predicted molar refractivity (Wildman–Crippen MR) is 183 cm³/mol. The van der Waals surface area contributed by atoms with Gasteiger partial charge in [-0.2, -0.15) is 0 Å². The zero-order valence-corrected chi connectivity index (χ0v) is 26.6. The molecule has 12 heteroatoms. The molecule has 0 fully saturated rings. The Bertz CT molecular complexity index is 1920. The normalized spacial score (nSPS) is 16.3. The largest absolute Gasteiger partial charge is 0.508 e. The molecule has 0 unspecified atom stereocenters. The van der Waals surface area contributed by atoms with Gasteiger partial charge in [-0.25, -0.2) is 9.59 Å². The summed E-state index contributed by atoms with van der Waals surface area (Å²) >= 11 is 0. The fraction of sp³-hybridized carbons (Fsp3) is 0.105. The van der Waals surface area contributed by atoms with E-state index < -0.39 is 58.6 Å². The highest BCUT2D eigenvalue weighted by molar-refractivity contribution is 5.91. The van der Waals surface area contributed by atoms with Crippen LogP contribution in [0.1, 0.15) is 34.5 Å². The van der Waals surface area contributed by atoms with Gasteiger partial charge in [-0.1, -0.05) is 79.0 Å². The van der Waals surface area contributed by atoms with Gasteiger partial charge in [-0.15, -0.1) is 0 Å². The Balaban J connectivity index is 1.52. The summed E-state index contributed by atoms with van der Waals surface area (Å²) < 4.78 is 16.9. The van der Waals surface area contributed by atoms with E-state index in [1.54, 1.807) is 24.3 Å². The molecule has 0 radical (unpaired) electrons. The van der Waals surface area contributed by atoms with E-state index >= 15 is 0 Å². The van der Waals surface area contributed by atoms with Crippen LogP contribution in [0.3, 0.4) is 0 Å². The van der Waals surface area contributed by atoms with Crippen molar-refractivity contribution in [3.05, 3.63) is 138 Å². The quantitative estimate of drug-likeness (QED) is 0.0389. The fourth-order valence-corrected chi connectivity index (χ4v) is 4.65. The van der Waals surface area contributed by atoms with E-state index in [2.05, 4.69) is 0 Å². The first kappa shape index (κ1) is 36.0. The van der Waals surface area contributed by atoms with Crippen LogP contribution in [0.25, 0.3) is 0 Å². The van der Waals surface area contributed by atoms with Crippen LogP contribution >= 0.6 is 0 Å². The minimum Gasteiger partial charge on any atom is -0.508 e. The topological polar surface area (TPSA) is 203 Å². The Morgan fingerprint density at radius 3 is 1.84 bits per heavy atom. The van der Waals surface area contributed by atoms with Crippen molar-refractivity contribution in [3.8, 4) is 51.7 Å². The average Bonchev–Trinajstić information content (AvgIpc) is 3.07. The van der Waals surface area contributed by atoms with Gasteiger partial charge in [0.15, 0.2) is 34.9 Å². The lowest BCUT2D eigenvalue weighted by Gasteiger charge is -2.34. The molecule has 1 heterocycles. The van der Waals surface area contributed by atoms with E-state index in [1.807, 2.05) is 55.5 Å². The van der Waals surface area contributed by atoms with Gasteiger partial charge in [-0.3, -0.25) is 0 Å². The highest BCUT2D eigenvalue weighted by Crippen LogP contribution is 2.46. The number of benzene rings is 3. The van der Waals surface area contributed by atoms with Crippen molar-refractivity contribution in [3.63, 3.8) is 0 Å². The highest BCUT2D eigenvalue weighted by atomic mass is 16.6. The minimum atomic E-state index is -1.28. The minimum absolute atomic E-state index is 0.0128. The van der Waals surface area contributed by atoms with E-state index in [0.717, 1.165) is 30.3 Å². The Hall–Kier alpha value is -6.82. The molecule has 12 nitrogen and oxygen atoms in total. The molecule has 4 rings (SSSR count). The summed E-state index contributed by atoms with van der Waals surface area (Å²) in [4.78, 5) is 25.6. The van der Waals surface area contributed by atoms with Crippen LogP contribution in [0.2, 0.25) is 0 Å². The summed E-state index contributed by atoms with van der Waals surface area (Å²) in [6, 6.07) is 6.26. The number of carbonyl (C=O) groups is 2. The van der Waals surface area contributed by atoms with Crippen molar-refractivity contribution < 1.29 is 59.5 Å². The number of esters is 2. The molecule has 258 valence electrons. The van der Waals surface area contributed by atoms with Crippen molar-refractivity contribution in [2.24, 2.45) is 0 Å². The number of ether oxygens (including phenoxy) is 3. The standard InChI is InChI=1S/C38H34O12/c1-2-3-4-5-6-7-8-9-10-11-12-13-14-15-34(44)48-32-19-23(16-30(43)36(32)46)37-33(22-26-27(40)20-25(39)21-31(26)49-37)50-38(47)24-17-28(41)35(45)29(42)18-24/h2-21,33,37,39-43,45-46H,22H2,1H3/b3-2+,5-4+,7-6+,9-8+,11-10+,13-12+,15-14+/t33-,37-/m1/s1. The summed E-state index contributed by atoms with van der Waals surface area (Å²) in [6.07, 6.45) is 21.6. The van der Waals surface area contributed by atoms with Gasteiger partial charge >= 0.3 is 11.9 Å². The van der Waals surface area contributed by atoms with Crippen LogP contribution < -0.4 is 9.47 Å². The first-order valence-corrected chi connectivity index (χ1v) is 15.1. The predicted octanol–water partition coefficient (Wildman–Crippen LogP) is 6.35. The van der Waals surface area contributed by atoms with Gasteiger partial charge in [0, 0.05) is 35.8 Å². The number of phenols is 7. The van der Waals surface area contributed by atoms with E-state index in [1.165, 1.54) is 18.2 Å². The number of allylic oxidation sites excluding steroid dienone is 13. The van der Waals surface area contributed by atoms with Gasteiger partial charge in [0.1, 0.15) is 23.4 Å². The molecule has 2 atom stereocenters. The van der Waals surface area contributed by atoms with Crippen molar-refractivity contribution in [1.82, 2.24) is 0 Å². The zero-order chi connectivity index (χ0) is 36.2.